The molecule has 0 bridgehead atoms. The molecule has 4 rings (SSSR count). The summed E-state index contributed by atoms with van der Waals surface area (Å²) in [6, 6.07) is 3.57. The lowest BCUT2D eigenvalue weighted by molar-refractivity contribution is -0.137. The van der Waals surface area contributed by atoms with Crippen LogP contribution in [-0.2, 0) is 25.7 Å². The molecule has 3 aliphatic rings. The Morgan fingerprint density at radius 1 is 1.18 bits per heavy atom. The van der Waals surface area contributed by atoms with Gasteiger partial charge in [-0.3, -0.25) is 9.59 Å². The number of furan rings is 1. The summed E-state index contributed by atoms with van der Waals surface area (Å²) in [6.07, 6.45) is 4.22. The molecule has 0 saturated carbocycles. The first-order chi connectivity index (χ1) is 16.4. The summed E-state index contributed by atoms with van der Waals surface area (Å²) in [5, 5.41) is 19.3. The topological polar surface area (TPSA) is 127 Å². The number of ether oxygens (including phenoxy) is 2. The minimum absolute atomic E-state index is 0.150. The maximum Gasteiger partial charge on any atom is 0.423 e. The van der Waals surface area contributed by atoms with E-state index >= 15 is 0 Å². The maximum absolute atomic E-state index is 13.0. The van der Waals surface area contributed by atoms with Crippen molar-refractivity contribution in [2.45, 2.75) is 51.7 Å². The van der Waals surface area contributed by atoms with Crippen LogP contribution in [0, 0.1) is 17.8 Å². The summed E-state index contributed by atoms with van der Waals surface area (Å²) in [7, 11) is 1.14. The summed E-state index contributed by atoms with van der Waals surface area (Å²) in [4.78, 5) is 38.4. The van der Waals surface area contributed by atoms with Crippen LogP contribution in [0.3, 0.4) is 0 Å². The molecule has 2 saturated heterocycles. The molecule has 2 N–H and O–H groups in total. The fraction of sp³-hybridized carbons (Fsp3) is 0.560. The fourth-order valence-electron chi connectivity index (χ4n) is 5.56. The maximum atomic E-state index is 13.0. The highest BCUT2D eigenvalue weighted by atomic mass is 16.5. The highest BCUT2D eigenvalue weighted by molar-refractivity contribution is 6.16. The number of hydrogen-bond donors (Lipinski definition) is 2. The lowest BCUT2D eigenvalue weighted by Crippen LogP contribution is -2.38. The first-order valence-corrected chi connectivity index (χ1v) is 11.7. The molecule has 1 aromatic heterocycles. The molecule has 184 valence electrons. The first kappa shape index (κ1) is 24.4. The number of allylic oxidation sites excluding steroid dienone is 1. The van der Waals surface area contributed by atoms with Gasteiger partial charge in [0.1, 0.15) is 18.1 Å². The van der Waals surface area contributed by atoms with Gasteiger partial charge in [0.2, 0.25) is 11.8 Å². The molecule has 34 heavy (non-hydrogen) atoms. The van der Waals surface area contributed by atoms with E-state index in [0.717, 1.165) is 37.5 Å². The molecule has 0 spiro atoms. The van der Waals surface area contributed by atoms with Crippen molar-refractivity contribution in [2.75, 3.05) is 20.3 Å². The Kier molecular flexibility index (Phi) is 7.35. The SMILES string of the molecule is CCC/C(=C\c1ccc(CO)o1)CC[C@H]1OC[C@H]2C1=C(CO)C[C@H]1C(=O)N(C(=O)OC)C(=O)[C@H]12. The van der Waals surface area contributed by atoms with E-state index in [4.69, 9.17) is 9.15 Å². The largest absolute Gasteiger partial charge is 0.459 e. The van der Waals surface area contributed by atoms with E-state index < -0.39 is 29.7 Å². The van der Waals surface area contributed by atoms with Gasteiger partial charge in [0, 0.05) is 5.92 Å². The smallest absolute Gasteiger partial charge is 0.423 e. The monoisotopic (exact) mass is 473 g/mol. The van der Waals surface area contributed by atoms with Crippen molar-refractivity contribution in [2.24, 2.45) is 17.8 Å². The third-order valence-electron chi connectivity index (χ3n) is 7.04. The third kappa shape index (κ3) is 4.35. The molecule has 0 unspecified atom stereocenters. The molecule has 2 aliphatic heterocycles. The molecule has 3 amide bonds. The van der Waals surface area contributed by atoms with Gasteiger partial charge < -0.3 is 24.1 Å². The molecule has 0 aromatic carbocycles. The van der Waals surface area contributed by atoms with Gasteiger partial charge in [-0.1, -0.05) is 18.9 Å². The number of likely N-dealkylation sites (tertiary alicyclic amines) is 1. The summed E-state index contributed by atoms with van der Waals surface area (Å²) in [6.45, 7) is 2.00. The minimum Gasteiger partial charge on any atom is -0.459 e. The number of fused-ring (bicyclic) bond motifs is 3. The zero-order valence-electron chi connectivity index (χ0n) is 19.5. The Hall–Kier alpha value is -2.75. The summed E-state index contributed by atoms with van der Waals surface area (Å²) in [5.74, 6) is -1.61. The molecule has 3 heterocycles. The molecular formula is C25H31NO8. The first-order valence-electron chi connectivity index (χ1n) is 11.7. The van der Waals surface area contributed by atoms with E-state index in [0.29, 0.717) is 22.8 Å². The molecule has 4 atom stereocenters. The Balaban J connectivity index is 1.53. The van der Waals surface area contributed by atoms with Crippen molar-refractivity contribution in [3.05, 3.63) is 40.4 Å². The predicted octanol–water partition coefficient (Wildman–Crippen LogP) is 2.81. The van der Waals surface area contributed by atoms with Crippen LogP contribution in [0.15, 0.2) is 33.3 Å². The van der Waals surface area contributed by atoms with Gasteiger partial charge in [0.05, 0.1) is 38.3 Å². The summed E-state index contributed by atoms with van der Waals surface area (Å²) < 4.78 is 16.3. The average Bonchev–Trinajstić information content (AvgIpc) is 3.53. The van der Waals surface area contributed by atoms with Gasteiger partial charge in [-0.05, 0) is 55.0 Å². The number of imide groups is 3. The second-order valence-corrected chi connectivity index (χ2v) is 9.02. The van der Waals surface area contributed by atoms with E-state index in [1.165, 1.54) is 5.57 Å². The number of rotatable bonds is 8. The van der Waals surface area contributed by atoms with Gasteiger partial charge in [-0.2, -0.15) is 4.90 Å². The van der Waals surface area contributed by atoms with Crippen LogP contribution in [0.5, 0.6) is 0 Å². The number of carbonyl (C=O) groups is 3. The Labute approximate surface area is 198 Å². The number of hydrogen-bond acceptors (Lipinski definition) is 8. The number of amides is 3. The molecular weight excluding hydrogens is 442 g/mol. The Bertz CT molecular complexity index is 1020. The second-order valence-electron chi connectivity index (χ2n) is 9.02. The lowest BCUT2D eigenvalue weighted by atomic mass is 9.69. The number of methoxy groups -OCH3 is 1. The van der Waals surface area contributed by atoms with Crippen molar-refractivity contribution >= 4 is 24.0 Å². The van der Waals surface area contributed by atoms with E-state index in [9.17, 15) is 24.6 Å². The van der Waals surface area contributed by atoms with Crippen molar-refractivity contribution in [3.8, 4) is 0 Å². The van der Waals surface area contributed by atoms with Crippen molar-refractivity contribution in [1.29, 1.82) is 0 Å². The Morgan fingerprint density at radius 3 is 2.62 bits per heavy atom. The molecule has 2 fully saturated rings. The van der Waals surface area contributed by atoms with Crippen LogP contribution in [-0.4, -0.2) is 59.4 Å². The van der Waals surface area contributed by atoms with E-state index in [1.54, 1.807) is 6.07 Å². The van der Waals surface area contributed by atoms with E-state index in [1.807, 2.05) is 12.1 Å². The molecule has 9 heteroatoms. The van der Waals surface area contributed by atoms with Crippen LogP contribution >= 0.6 is 0 Å². The molecule has 1 aliphatic carbocycles. The van der Waals surface area contributed by atoms with Crippen molar-refractivity contribution in [3.63, 3.8) is 0 Å². The zero-order chi connectivity index (χ0) is 24.4. The van der Waals surface area contributed by atoms with Crippen LogP contribution in [0.25, 0.3) is 6.08 Å². The average molecular weight is 474 g/mol. The third-order valence-corrected chi connectivity index (χ3v) is 7.04. The quantitative estimate of drug-likeness (QED) is 0.436. The fourth-order valence-corrected chi connectivity index (χ4v) is 5.56. The molecule has 1 aromatic rings. The highest BCUT2D eigenvalue weighted by Crippen LogP contribution is 2.49. The normalized spacial score (nSPS) is 26.8. The lowest BCUT2D eigenvalue weighted by Gasteiger charge is -2.31. The Morgan fingerprint density at radius 2 is 1.97 bits per heavy atom. The van der Waals surface area contributed by atoms with Gasteiger partial charge in [-0.25, -0.2) is 4.79 Å². The zero-order valence-corrected chi connectivity index (χ0v) is 19.5. The van der Waals surface area contributed by atoms with Crippen LogP contribution in [0.4, 0.5) is 4.79 Å². The van der Waals surface area contributed by atoms with Gasteiger partial charge in [0.15, 0.2) is 0 Å². The van der Waals surface area contributed by atoms with Crippen LogP contribution < -0.4 is 0 Å². The van der Waals surface area contributed by atoms with Gasteiger partial charge in [0.25, 0.3) is 0 Å². The van der Waals surface area contributed by atoms with Crippen LogP contribution in [0.1, 0.15) is 50.5 Å². The summed E-state index contributed by atoms with van der Waals surface area (Å²) in [5.41, 5.74) is 2.80. The van der Waals surface area contributed by atoms with E-state index in [-0.39, 0.29) is 38.3 Å². The standard InChI is InChI=1S/C25H31NO8/c1-3-4-14(9-16-6-7-17(12-28)34-16)5-8-20-21-15(11-27)10-18-22(19(21)13-33-20)24(30)26(23(18)29)25(31)32-2/h6-7,9,18-20,22,27-28H,3-5,8,10-13H2,1-2H3/b14-9+/t18-,19+,20-,22-/m1/s1. The molecule has 9 nitrogen and oxygen atoms in total. The summed E-state index contributed by atoms with van der Waals surface area (Å²) >= 11 is 0. The van der Waals surface area contributed by atoms with Crippen molar-refractivity contribution < 1.29 is 38.5 Å². The number of nitrogens with zero attached hydrogens (tertiary/aromatic N) is 1. The predicted molar refractivity (Wildman–Crippen MR) is 120 cm³/mol. The number of aliphatic hydroxyl groups is 2. The molecule has 0 radical (unpaired) electrons. The highest BCUT2D eigenvalue weighted by Gasteiger charge is 2.58. The van der Waals surface area contributed by atoms with Gasteiger partial charge >= 0.3 is 6.09 Å². The second kappa shape index (κ2) is 10.2. The van der Waals surface area contributed by atoms with Crippen LogP contribution in [0.2, 0.25) is 0 Å². The minimum atomic E-state index is -0.969. The van der Waals surface area contributed by atoms with Gasteiger partial charge in [-0.15, -0.1) is 0 Å². The van der Waals surface area contributed by atoms with E-state index in [2.05, 4.69) is 11.7 Å². The number of carbonyl (C=O) groups excluding carboxylic acids is 3. The van der Waals surface area contributed by atoms with Crippen molar-refractivity contribution in [1.82, 2.24) is 4.90 Å². The number of aliphatic hydroxyl groups excluding tert-OH is 2.